The molecule has 0 unspecified atom stereocenters. The van der Waals surface area contributed by atoms with Crippen molar-refractivity contribution in [3.05, 3.63) is 138 Å². The van der Waals surface area contributed by atoms with Gasteiger partial charge in [0, 0.05) is 11.3 Å². The highest BCUT2D eigenvalue weighted by Gasteiger charge is 2.38. The molecule has 1 saturated carbocycles. The predicted octanol–water partition coefficient (Wildman–Crippen LogP) is 8.42. The zero-order valence-corrected chi connectivity index (χ0v) is 24.9. The number of aromatic nitrogens is 3. The van der Waals surface area contributed by atoms with E-state index in [1.165, 1.54) is 12.8 Å². The molecule has 1 aliphatic carbocycles. The first kappa shape index (κ1) is 27.4. The molecule has 0 atom stereocenters. The first-order valence-corrected chi connectivity index (χ1v) is 15.4. The Hall–Kier alpha value is -4.48. The van der Waals surface area contributed by atoms with Crippen LogP contribution in [0.3, 0.4) is 0 Å². The zero-order valence-electron chi connectivity index (χ0n) is 24.9. The molecule has 6 aromatic rings. The van der Waals surface area contributed by atoms with Crippen LogP contribution in [0, 0.1) is 0 Å². The van der Waals surface area contributed by atoms with Crippen molar-refractivity contribution in [2.24, 2.45) is 0 Å². The number of pyridine rings is 1. The van der Waals surface area contributed by atoms with Gasteiger partial charge in [-0.05, 0) is 49.4 Å². The van der Waals surface area contributed by atoms with Gasteiger partial charge in [-0.2, -0.15) is 0 Å². The Bertz CT molecular complexity index is 1750. The summed E-state index contributed by atoms with van der Waals surface area (Å²) in [6.07, 6.45) is 4.65. The fourth-order valence-corrected chi connectivity index (χ4v) is 6.94. The van der Waals surface area contributed by atoms with Crippen molar-refractivity contribution in [1.29, 1.82) is 0 Å². The lowest BCUT2D eigenvalue weighted by molar-refractivity contribution is 0.0615. The molecule has 0 amide bonds. The average Bonchev–Trinajstić information content (AvgIpc) is 3.69. The largest absolute Gasteiger partial charge is 0.389 e. The van der Waals surface area contributed by atoms with Crippen LogP contribution in [0.4, 0.5) is 5.82 Å². The van der Waals surface area contributed by atoms with Crippen molar-refractivity contribution >= 4 is 27.8 Å². The number of anilines is 1. The summed E-state index contributed by atoms with van der Waals surface area (Å²) in [5.74, 6) is 2.16. The van der Waals surface area contributed by atoms with E-state index in [9.17, 15) is 5.11 Å². The molecule has 2 N–H and O–H groups in total. The summed E-state index contributed by atoms with van der Waals surface area (Å²) in [6, 6.07) is 40.2. The van der Waals surface area contributed by atoms with E-state index in [2.05, 4.69) is 119 Å². The lowest BCUT2D eigenvalue weighted by Gasteiger charge is -2.37. The molecular weight excluding hydrogens is 528 g/mol. The van der Waals surface area contributed by atoms with Crippen LogP contribution in [0.1, 0.15) is 68.0 Å². The van der Waals surface area contributed by atoms with E-state index in [0.29, 0.717) is 12.5 Å². The second-order valence-electron chi connectivity index (χ2n) is 12.5. The Balaban J connectivity index is 1.55. The van der Waals surface area contributed by atoms with Crippen molar-refractivity contribution in [2.75, 3.05) is 5.32 Å². The molecule has 4 aromatic carbocycles. The maximum absolute atomic E-state index is 11.1. The number of benzene rings is 4. The monoisotopic (exact) mass is 566 g/mol. The quantitative estimate of drug-likeness (QED) is 0.182. The average molecular weight is 567 g/mol. The van der Waals surface area contributed by atoms with Gasteiger partial charge in [0.1, 0.15) is 16.9 Å². The molecule has 43 heavy (non-hydrogen) atoms. The summed E-state index contributed by atoms with van der Waals surface area (Å²) in [6.45, 7) is 4.22. The predicted molar refractivity (Wildman–Crippen MR) is 175 cm³/mol. The fourth-order valence-electron chi connectivity index (χ4n) is 6.94. The number of nitrogens with zero attached hydrogens (tertiary/aromatic N) is 3. The molecule has 0 aliphatic heterocycles. The molecule has 0 radical (unpaired) electrons. The number of hydrogen-bond acceptors (Lipinski definition) is 4. The van der Waals surface area contributed by atoms with Crippen LogP contribution in [0.5, 0.6) is 0 Å². The molecule has 0 saturated heterocycles. The zero-order chi connectivity index (χ0) is 29.4. The minimum Gasteiger partial charge on any atom is -0.389 e. The molecule has 1 aliphatic rings. The summed E-state index contributed by atoms with van der Waals surface area (Å²) in [5.41, 5.74) is 4.47. The van der Waals surface area contributed by atoms with Crippen LogP contribution in [-0.4, -0.2) is 25.2 Å². The highest BCUT2D eigenvalue weighted by atomic mass is 16.3. The van der Waals surface area contributed by atoms with Crippen molar-refractivity contribution in [2.45, 2.75) is 63.1 Å². The van der Waals surface area contributed by atoms with Gasteiger partial charge in [-0.1, -0.05) is 122 Å². The molecule has 5 heteroatoms. The molecule has 0 bridgehead atoms. The lowest BCUT2D eigenvalue weighted by atomic mass is 9.77. The van der Waals surface area contributed by atoms with Crippen LogP contribution in [0.15, 0.2) is 115 Å². The number of nitrogens with one attached hydrogen (secondary N) is 1. The van der Waals surface area contributed by atoms with Gasteiger partial charge in [0.05, 0.1) is 23.2 Å². The van der Waals surface area contributed by atoms with E-state index in [1.807, 2.05) is 19.9 Å². The fraction of sp³-hybridized carbons (Fsp3) is 0.263. The van der Waals surface area contributed by atoms with Gasteiger partial charge >= 0.3 is 0 Å². The summed E-state index contributed by atoms with van der Waals surface area (Å²) in [5, 5.41) is 16.2. The summed E-state index contributed by atoms with van der Waals surface area (Å²) in [4.78, 5) is 10.7. The number of aliphatic hydroxyl groups is 1. The minimum absolute atomic E-state index is 0.364. The third-order valence-corrected chi connectivity index (χ3v) is 8.80. The van der Waals surface area contributed by atoms with E-state index in [1.54, 1.807) is 0 Å². The number of rotatable bonds is 8. The minimum atomic E-state index is -0.902. The Morgan fingerprint density at radius 2 is 1.23 bits per heavy atom. The van der Waals surface area contributed by atoms with Gasteiger partial charge in [-0.15, -0.1) is 0 Å². The second kappa shape index (κ2) is 11.0. The standard InChI is InChI=1S/C38H38N4O/c1-37(2,43)26-42-34-31-24-14-15-25-32(31)39-35(33(34)40-36(42)27-16-12-13-17-27)41-38(28-18-6-3-7-19-28,29-20-8-4-9-21-29)30-22-10-5-11-23-30/h3-11,14-15,18-25,27,43H,12-13,16-17,26H2,1-2H3,(H,39,41). The molecule has 1 fully saturated rings. The van der Waals surface area contributed by atoms with Gasteiger partial charge in [0.15, 0.2) is 5.82 Å². The molecule has 7 rings (SSSR count). The van der Waals surface area contributed by atoms with E-state index in [0.717, 1.165) is 63.1 Å². The molecule has 2 heterocycles. The molecule has 2 aromatic heterocycles. The molecular formula is C38H38N4O. The van der Waals surface area contributed by atoms with Gasteiger partial charge in [0.25, 0.3) is 0 Å². The van der Waals surface area contributed by atoms with E-state index in [4.69, 9.17) is 9.97 Å². The summed E-state index contributed by atoms with van der Waals surface area (Å²) < 4.78 is 2.29. The number of para-hydroxylation sites is 1. The van der Waals surface area contributed by atoms with Crippen molar-refractivity contribution in [3.8, 4) is 0 Å². The topological polar surface area (TPSA) is 63.0 Å². The maximum Gasteiger partial charge on any atom is 0.156 e. The van der Waals surface area contributed by atoms with Crippen LogP contribution in [0.25, 0.3) is 21.9 Å². The van der Waals surface area contributed by atoms with Gasteiger partial charge in [-0.25, -0.2) is 9.97 Å². The molecule has 5 nitrogen and oxygen atoms in total. The third-order valence-electron chi connectivity index (χ3n) is 8.80. The summed E-state index contributed by atoms with van der Waals surface area (Å²) >= 11 is 0. The number of hydrogen-bond donors (Lipinski definition) is 2. The Morgan fingerprint density at radius 3 is 1.77 bits per heavy atom. The maximum atomic E-state index is 11.1. The summed E-state index contributed by atoms with van der Waals surface area (Å²) in [7, 11) is 0. The van der Waals surface area contributed by atoms with Gasteiger partial charge in [0.2, 0.25) is 0 Å². The van der Waals surface area contributed by atoms with Crippen molar-refractivity contribution < 1.29 is 5.11 Å². The van der Waals surface area contributed by atoms with Crippen LogP contribution in [0.2, 0.25) is 0 Å². The third kappa shape index (κ3) is 4.98. The van der Waals surface area contributed by atoms with E-state index >= 15 is 0 Å². The Kier molecular flexibility index (Phi) is 6.98. The molecule has 216 valence electrons. The first-order valence-electron chi connectivity index (χ1n) is 15.4. The normalized spacial score (nSPS) is 14.5. The SMILES string of the molecule is CC(C)(O)Cn1c(C2CCCC2)nc2c(NC(c3ccccc3)(c3ccccc3)c3ccccc3)nc3ccccc3c21. The highest BCUT2D eigenvalue weighted by Crippen LogP contribution is 2.43. The number of imidazole rings is 1. The number of fused-ring (bicyclic) bond motifs is 3. The Morgan fingerprint density at radius 1 is 0.721 bits per heavy atom. The van der Waals surface area contributed by atoms with Crippen LogP contribution in [-0.2, 0) is 12.1 Å². The Labute approximate surface area is 253 Å². The molecule has 0 spiro atoms. The van der Waals surface area contributed by atoms with Crippen LogP contribution >= 0.6 is 0 Å². The van der Waals surface area contributed by atoms with Crippen molar-refractivity contribution in [3.63, 3.8) is 0 Å². The second-order valence-corrected chi connectivity index (χ2v) is 12.5. The van der Waals surface area contributed by atoms with Gasteiger partial charge < -0.3 is 15.0 Å². The van der Waals surface area contributed by atoms with Gasteiger partial charge in [-0.3, -0.25) is 0 Å². The van der Waals surface area contributed by atoms with Crippen molar-refractivity contribution in [1.82, 2.24) is 14.5 Å². The lowest BCUT2D eigenvalue weighted by Crippen LogP contribution is -2.38. The highest BCUT2D eigenvalue weighted by molar-refractivity contribution is 6.07. The smallest absolute Gasteiger partial charge is 0.156 e. The van der Waals surface area contributed by atoms with Crippen LogP contribution < -0.4 is 5.32 Å². The first-order chi connectivity index (χ1) is 20.9. The van der Waals surface area contributed by atoms with E-state index < -0.39 is 11.1 Å². The van der Waals surface area contributed by atoms with E-state index in [-0.39, 0.29) is 0 Å².